The molecule has 2 amide bonds. The molecule has 0 atom stereocenters. The molecule has 0 fully saturated rings. The highest BCUT2D eigenvalue weighted by Crippen LogP contribution is 2.27. The second-order valence-corrected chi connectivity index (χ2v) is 8.95. The third kappa shape index (κ3) is 7.89. The molecule has 182 valence electrons. The minimum Gasteiger partial charge on any atom is -0.481 e. The number of hydrogen-bond acceptors (Lipinski definition) is 4. The van der Waals surface area contributed by atoms with Gasteiger partial charge in [0.2, 0.25) is 0 Å². The van der Waals surface area contributed by atoms with Gasteiger partial charge >= 0.3 is 12.1 Å². The summed E-state index contributed by atoms with van der Waals surface area (Å²) in [6.07, 6.45) is -0.879. The quantitative estimate of drug-likeness (QED) is 0.350. The van der Waals surface area contributed by atoms with Gasteiger partial charge in [0.05, 0.1) is 13.0 Å². The van der Waals surface area contributed by atoms with Crippen LogP contribution in [0.5, 0.6) is 5.75 Å². The van der Waals surface area contributed by atoms with Crippen LogP contribution in [-0.4, -0.2) is 29.6 Å². The first-order valence-corrected chi connectivity index (χ1v) is 11.6. The molecule has 0 aromatic heterocycles. The summed E-state index contributed by atoms with van der Waals surface area (Å²) in [6.45, 7) is 2.03. The van der Waals surface area contributed by atoms with E-state index in [0.29, 0.717) is 26.3 Å². The Balaban J connectivity index is 1.86. The second-order valence-electron chi connectivity index (χ2n) is 7.64. The van der Waals surface area contributed by atoms with Gasteiger partial charge in [0, 0.05) is 32.9 Å². The second kappa shape index (κ2) is 11.9. The first-order valence-electron chi connectivity index (χ1n) is 10.4. The molecule has 3 rings (SSSR count). The topological polar surface area (TPSA) is 95.9 Å². The van der Waals surface area contributed by atoms with E-state index >= 15 is 0 Å². The van der Waals surface area contributed by atoms with Gasteiger partial charge in [0.25, 0.3) is 5.91 Å². The van der Waals surface area contributed by atoms with Crippen molar-refractivity contribution in [3.05, 3.63) is 92.4 Å². The molecule has 10 heteroatoms. The summed E-state index contributed by atoms with van der Waals surface area (Å²) in [6, 6.07) is 16.2. The number of nitrogens with zero attached hydrogens (tertiary/aromatic N) is 1. The van der Waals surface area contributed by atoms with Crippen LogP contribution in [0.1, 0.15) is 27.9 Å². The number of rotatable bonds is 8. The van der Waals surface area contributed by atoms with Gasteiger partial charge in [-0.3, -0.25) is 14.5 Å². The van der Waals surface area contributed by atoms with E-state index in [2.05, 4.69) is 5.32 Å². The summed E-state index contributed by atoms with van der Waals surface area (Å²) < 4.78 is 5.53. The van der Waals surface area contributed by atoms with Gasteiger partial charge in [0.15, 0.2) is 0 Å². The van der Waals surface area contributed by atoms with Crippen LogP contribution in [-0.2, 0) is 11.3 Å². The monoisotopic (exact) mass is 534 g/mol. The summed E-state index contributed by atoms with van der Waals surface area (Å²) in [5, 5.41) is 12.4. The van der Waals surface area contributed by atoms with E-state index in [1.807, 2.05) is 13.0 Å². The van der Waals surface area contributed by atoms with Gasteiger partial charge in [-0.15, -0.1) is 0 Å². The highest BCUT2D eigenvalue weighted by Gasteiger charge is 2.20. The van der Waals surface area contributed by atoms with Gasteiger partial charge in [0.1, 0.15) is 5.75 Å². The largest absolute Gasteiger partial charge is 0.481 e. The fourth-order valence-corrected chi connectivity index (χ4v) is 4.09. The van der Waals surface area contributed by atoms with Crippen molar-refractivity contribution < 1.29 is 24.2 Å². The van der Waals surface area contributed by atoms with E-state index in [9.17, 15) is 14.4 Å². The molecule has 3 aromatic carbocycles. The number of anilines is 1. The maximum absolute atomic E-state index is 13.2. The van der Waals surface area contributed by atoms with Crippen LogP contribution in [0.4, 0.5) is 10.5 Å². The summed E-state index contributed by atoms with van der Waals surface area (Å²) in [7, 11) is 0. The summed E-state index contributed by atoms with van der Waals surface area (Å²) in [5.41, 5.74) is 2.47. The number of carbonyl (C=O) groups is 3. The number of aryl methyl sites for hydroxylation is 1. The number of amides is 2. The third-order valence-electron chi connectivity index (χ3n) is 4.77. The van der Waals surface area contributed by atoms with Crippen molar-refractivity contribution in [3.8, 4) is 5.75 Å². The lowest BCUT2D eigenvalue weighted by Gasteiger charge is -2.23. The molecule has 0 saturated carbocycles. The molecule has 0 saturated heterocycles. The minimum absolute atomic E-state index is 0.00464. The average Bonchev–Trinajstić information content (AvgIpc) is 2.76. The highest BCUT2D eigenvalue weighted by molar-refractivity contribution is 6.34. The van der Waals surface area contributed by atoms with E-state index < -0.39 is 18.0 Å². The predicted octanol–water partition coefficient (Wildman–Crippen LogP) is 6.37. The van der Waals surface area contributed by atoms with E-state index in [1.54, 1.807) is 24.3 Å². The van der Waals surface area contributed by atoms with E-state index in [1.165, 1.54) is 35.2 Å². The normalized spacial score (nSPS) is 10.5. The average molecular weight is 536 g/mol. The Hall–Kier alpha value is -3.26. The summed E-state index contributed by atoms with van der Waals surface area (Å²) >= 11 is 18.2. The number of halogens is 3. The molecule has 0 aliphatic rings. The molecule has 0 radical (unpaired) electrons. The third-order valence-corrected chi connectivity index (χ3v) is 5.42. The van der Waals surface area contributed by atoms with Gasteiger partial charge < -0.3 is 15.2 Å². The van der Waals surface area contributed by atoms with Crippen LogP contribution in [0.15, 0.2) is 60.7 Å². The molecule has 0 heterocycles. The lowest BCUT2D eigenvalue weighted by molar-refractivity contribution is -0.136. The SMILES string of the molecule is Cc1cc(Cl)cc(CN(C(=O)Oc2cc(Cl)cc(Cl)c2)c2ccc(C(=O)NCCC(=O)O)cc2)c1. The Labute approximate surface area is 217 Å². The number of ether oxygens (including phenoxy) is 1. The van der Waals surface area contributed by atoms with Gasteiger partial charge in [-0.25, -0.2) is 4.79 Å². The van der Waals surface area contributed by atoms with E-state index in [0.717, 1.165) is 11.1 Å². The van der Waals surface area contributed by atoms with Crippen LogP contribution < -0.4 is 15.0 Å². The molecule has 0 aliphatic heterocycles. The molecule has 0 unspecified atom stereocenters. The molecule has 35 heavy (non-hydrogen) atoms. The van der Waals surface area contributed by atoms with Gasteiger partial charge in [-0.1, -0.05) is 40.9 Å². The van der Waals surface area contributed by atoms with E-state index in [-0.39, 0.29) is 25.3 Å². The van der Waals surface area contributed by atoms with Crippen LogP contribution in [0.2, 0.25) is 15.1 Å². The molecular weight excluding hydrogens is 515 g/mol. The van der Waals surface area contributed by atoms with Crippen molar-refractivity contribution in [1.29, 1.82) is 0 Å². The van der Waals surface area contributed by atoms with Crippen LogP contribution >= 0.6 is 34.8 Å². The molecule has 0 spiro atoms. The number of nitrogens with one attached hydrogen (secondary N) is 1. The fourth-order valence-electron chi connectivity index (χ4n) is 3.27. The Bertz CT molecular complexity index is 1210. The Kier molecular flexibility index (Phi) is 8.98. The molecule has 2 N–H and O–H groups in total. The standard InChI is InChI=1S/C25H21Cl3N2O5/c1-15-8-16(10-18(26)9-15)14-30(25(34)35-22-12-19(27)11-20(28)13-22)21-4-2-17(3-5-21)24(33)29-7-6-23(31)32/h2-5,8-13H,6-7,14H2,1H3,(H,29,33)(H,31,32). The number of carbonyl (C=O) groups excluding carboxylic acids is 2. The number of benzene rings is 3. The zero-order valence-electron chi connectivity index (χ0n) is 18.6. The first-order chi connectivity index (χ1) is 16.6. The van der Waals surface area contributed by atoms with Gasteiger partial charge in [-0.05, 0) is 72.6 Å². The molecule has 7 nitrogen and oxygen atoms in total. The number of carboxylic acids is 1. The number of carboxylic acid groups (broad SMARTS) is 1. The van der Waals surface area contributed by atoms with Crippen molar-refractivity contribution >= 4 is 58.5 Å². The Morgan fingerprint density at radius 3 is 2.14 bits per heavy atom. The zero-order valence-corrected chi connectivity index (χ0v) is 20.8. The van der Waals surface area contributed by atoms with Crippen molar-refractivity contribution in [3.63, 3.8) is 0 Å². The Morgan fingerprint density at radius 1 is 0.914 bits per heavy atom. The Morgan fingerprint density at radius 2 is 1.54 bits per heavy atom. The van der Waals surface area contributed by atoms with E-state index in [4.69, 9.17) is 44.6 Å². The van der Waals surface area contributed by atoms with Crippen LogP contribution in [0.25, 0.3) is 0 Å². The van der Waals surface area contributed by atoms with Crippen LogP contribution in [0.3, 0.4) is 0 Å². The lowest BCUT2D eigenvalue weighted by Crippen LogP contribution is -2.33. The zero-order chi connectivity index (χ0) is 25.5. The molecule has 0 aliphatic carbocycles. The van der Waals surface area contributed by atoms with Crippen molar-refractivity contribution in [2.24, 2.45) is 0 Å². The molecule has 0 bridgehead atoms. The first kappa shape index (κ1) is 26.3. The maximum atomic E-state index is 13.2. The highest BCUT2D eigenvalue weighted by atomic mass is 35.5. The van der Waals surface area contributed by atoms with Gasteiger partial charge in [-0.2, -0.15) is 0 Å². The predicted molar refractivity (Wildman–Crippen MR) is 136 cm³/mol. The lowest BCUT2D eigenvalue weighted by atomic mass is 10.1. The number of hydrogen-bond donors (Lipinski definition) is 2. The fraction of sp³-hybridized carbons (Fsp3) is 0.160. The van der Waals surface area contributed by atoms with Crippen molar-refractivity contribution in [2.45, 2.75) is 19.9 Å². The summed E-state index contributed by atoms with van der Waals surface area (Å²) in [4.78, 5) is 37.5. The van der Waals surface area contributed by atoms with Crippen LogP contribution in [0, 0.1) is 6.92 Å². The summed E-state index contributed by atoms with van der Waals surface area (Å²) in [5.74, 6) is -1.26. The number of aliphatic carboxylic acids is 1. The van der Waals surface area contributed by atoms with Crippen molar-refractivity contribution in [1.82, 2.24) is 5.32 Å². The smallest absolute Gasteiger partial charge is 0.420 e. The maximum Gasteiger partial charge on any atom is 0.420 e. The minimum atomic E-state index is -1.01. The van der Waals surface area contributed by atoms with Crippen molar-refractivity contribution in [2.75, 3.05) is 11.4 Å². The molecular formula is C25H21Cl3N2O5. The molecule has 3 aromatic rings.